The Hall–Kier alpha value is -1.94. The van der Waals surface area contributed by atoms with Crippen LogP contribution in [0.15, 0.2) is 0 Å². The molecular weight excluding hydrogens is 1310 g/mol. The SMILES string of the molecule is CCCCCCCCCCCCCCCCCCCCC(=O)OC[C@H](COP(=O)(O)OC[C@@H](O)COP(=O)(O)OC[C@@H](COC(=O)CCCCCCCCC(C)C)OC(=O)CCCCCCCCCCCCCCCCC)OC(=O)CCCCCCCCCCCCCCCCC(C)CC. The van der Waals surface area contributed by atoms with Crippen molar-refractivity contribution in [3.8, 4) is 0 Å². The van der Waals surface area contributed by atoms with Gasteiger partial charge in [0, 0.05) is 25.7 Å². The van der Waals surface area contributed by atoms with E-state index in [1.165, 1.54) is 238 Å². The summed E-state index contributed by atoms with van der Waals surface area (Å²) in [6.07, 6.45) is 62.5. The summed E-state index contributed by atoms with van der Waals surface area (Å²) in [5.74, 6) is -0.584. The van der Waals surface area contributed by atoms with E-state index >= 15 is 0 Å². The highest BCUT2D eigenvalue weighted by Gasteiger charge is 2.30. The predicted octanol–water partition coefficient (Wildman–Crippen LogP) is 24.3. The van der Waals surface area contributed by atoms with Crippen molar-refractivity contribution >= 4 is 39.5 Å². The first-order valence-corrected chi connectivity index (χ1v) is 45.0. The molecule has 0 bridgehead atoms. The quantitative estimate of drug-likeness (QED) is 0.0222. The maximum Gasteiger partial charge on any atom is 0.472 e. The minimum Gasteiger partial charge on any atom is -0.462 e. The molecule has 0 heterocycles. The molecule has 6 atom stereocenters. The molecule has 0 aliphatic heterocycles. The molecule has 100 heavy (non-hydrogen) atoms. The van der Waals surface area contributed by atoms with Gasteiger partial charge in [-0.15, -0.1) is 0 Å². The van der Waals surface area contributed by atoms with E-state index in [-0.39, 0.29) is 25.7 Å². The van der Waals surface area contributed by atoms with E-state index in [2.05, 4.69) is 41.5 Å². The van der Waals surface area contributed by atoms with E-state index in [1.807, 2.05) is 0 Å². The van der Waals surface area contributed by atoms with E-state index in [1.54, 1.807) is 0 Å². The summed E-state index contributed by atoms with van der Waals surface area (Å²) in [4.78, 5) is 73.0. The van der Waals surface area contributed by atoms with Crippen LogP contribution < -0.4 is 0 Å². The minimum absolute atomic E-state index is 0.107. The lowest BCUT2D eigenvalue weighted by Gasteiger charge is -2.21. The number of aliphatic hydroxyl groups is 1. The van der Waals surface area contributed by atoms with Gasteiger partial charge in [0.15, 0.2) is 12.2 Å². The van der Waals surface area contributed by atoms with E-state index < -0.39 is 97.5 Å². The summed E-state index contributed by atoms with van der Waals surface area (Å²) in [7, 11) is -9.92. The van der Waals surface area contributed by atoms with Crippen molar-refractivity contribution in [2.24, 2.45) is 11.8 Å². The number of aliphatic hydroxyl groups excluding tert-OH is 1. The molecule has 0 aromatic carbocycles. The molecule has 0 aliphatic carbocycles. The fourth-order valence-electron chi connectivity index (χ4n) is 12.5. The number of phosphoric ester groups is 2. The average molecular weight is 1470 g/mol. The Labute approximate surface area is 613 Å². The van der Waals surface area contributed by atoms with Gasteiger partial charge in [-0.05, 0) is 37.5 Å². The van der Waals surface area contributed by atoms with Crippen molar-refractivity contribution < 1.29 is 80.2 Å². The number of carbonyl (C=O) groups is 4. The van der Waals surface area contributed by atoms with Gasteiger partial charge in [-0.2, -0.15) is 0 Å². The molecule has 3 unspecified atom stereocenters. The van der Waals surface area contributed by atoms with Gasteiger partial charge in [-0.25, -0.2) is 9.13 Å². The standard InChI is InChI=1S/C81H158O17P2/c1-7-10-12-14-16-18-20-22-24-25-26-28-32-36-40-44-51-57-63-78(83)91-69-76(97-80(85)65-60-54-46-42-38-34-30-29-31-35-39-43-50-56-62-74(6)9-3)71-95-99(87,88)93-67-75(82)68-94-100(89,90)96-72-77(70-92-79(84)64-58-52-48-47-49-55-61-73(4)5)98-81(86)66-59-53-45-41-37-33-27-23-21-19-17-15-13-11-8-2/h73-77,82H,7-72H2,1-6H3,(H,87,88)(H,89,90)/t74?,75-,76-,77-/m1/s1. The Balaban J connectivity index is 5.23. The van der Waals surface area contributed by atoms with Crippen LogP contribution in [0.2, 0.25) is 0 Å². The van der Waals surface area contributed by atoms with E-state index in [4.69, 9.17) is 37.0 Å². The van der Waals surface area contributed by atoms with Crippen molar-refractivity contribution in [2.75, 3.05) is 39.6 Å². The van der Waals surface area contributed by atoms with Crippen LogP contribution in [0.3, 0.4) is 0 Å². The highest BCUT2D eigenvalue weighted by atomic mass is 31.2. The van der Waals surface area contributed by atoms with Gasteiger partial charge < -0.3 is 33.8 Å². The Kier molecular flexibility index (Phi) is 71.2. The molecule has 0 aliphatic rings. The Morgan fingerprint density at radius 2 is 0.510 bits per heavy atom. The molecule has 3 N–H and O–H groups in total. The van der Waals surface area contributed by atoms with Crippen LogP contribution in [-0.2, 0) is 65.4 Å². The Bertz CT molecular complexity index is 1930. The molecule has 0 rings (SSSR count). The molecule has 17 nitrogen and oxygen atoms in total. The van der Waals surface area contributed by atoms with Crippen molar-refractivity contribution in [3.05, 3.63) is 0 Å². The Morgan fingerprint density at radius 1 is 0.290 bits per heavy atom. The zero-order valence-electron chi connectivity index (χ0n) is 65.5. The largest absolute Gasteiger partial charge is 0.472 e. The number of esters is 4. The average Bonchev–Trinajstić information content (AvgIpc) is 0.929. The fraction of sp³-hybridized carbons (Fsp3) is 0.951. The van der Waals surface area contributed by atoms with Crippen LogP contribution in [0.5, 0.6) is 0 Å². The lowest BCUT2D eigenvalue weighted by atomic mass is 9.99. The first-order valence-electron chi connectivity index (χ1n) is 42.0. The first kappa shape index (κ1) is 98.1. The van der Waals surface area contributed by atoms with E-state index in [0.29, 0.717) is 31.6 Å². The molecule has 0 radical (unpaired) electrons. The number of hydrogen-bond acceptors (Lipinski definition) is 15. The van der Waals surface area contributed by atoms with Crippen molar-refractivity contribution in [1.82, 2.24) is 0 Å². The minimum atomic E-state index is -4.96. The highest BCUT2D eigenvalue weighted by Crippen LogP contribution is 2.45. The van der Waals surface area contributed by atoms with Crippen molar-refractivity contribution in [3.63, 3.8) is 0 Å². The van der Waals surface area contributed by atoms with Gasteiger partial charge in [0.2, 0.25) is 0 Å². The van der Waals surface area contributed by atoms with Crippen LogP contribution in [0.1, 0.15) is 427 Å². The van der Waals surface area contributed by atoms with Crippen molar-refractivity contribution in [2.45, 2.75) is 445 Å². The van der Waals surface area contributed by atoms with Crippen LogP contribution in [0, 0.1) is 11.8 Å². The topological polar surface area (TPSA) is 237 Å². The predicted molar refractivity (Wildman–Crippen MR) is 409 cm³/mol. The number of hydrogen-bond donors (Lipinski definition) is 3. The summed E-state index contributed by atoms with van der Waals surface area (Å²) < 4.78 is 68.7. The second-order valence-electron chi connectivity index (χ2n) is 29.9. The smallest absolute Gasteiger partial charge is 0.462 e. The second kappa shape index (κ2) is 72.6. The lowest BCUT2D eigenvalue weighted by molar-refractivity contribution is -0.161. The molecule has 0 fully saturated rings. The van der Waals surface area contributed by atoms with Gasteiger partial charge >= 0.3 is 39.5 Å². The molecule has 0 saturated carbocycles. The van der Waals surface area contributed by atoms with Gasteiger partial charge in [0.05, 0.1) is 26.4 Å². The highest BCUT2D eigenvalue weighted by molar-refractivity contribution is 7.47. The molecule has 0 aromatic rings. The molecule has 0 amide bonds. The van der Waals surface area contributed by atoms with E-state index in [9.17, 15) is 43.2 Å². The van der Waals surface area contributed by atoms with E-state index in [0.717, 1.165) is 102 Å². The molecule has 0 spiro atoms. The summed E-state index contributed by atoms with van der Waals surface area (Å²) in [6, 6.07) is 0. The van der Waals surface area contributed by atoms with Crippen molar-refractivity contribution in [1.29, 1.82) is 0 Å². The van der Waals surface area contributed by atoms with Gasteiger partial charge in [0.1, 0.15) is 19.3 Å². The zero-order valence-corrected chi connectivity index (χ0v) is 67.3. The monoisotopic (exact) mass is 1470 g/mol. The number of carbonyl (C=O) groups excluding carboxylic acids is 4. The molecule has 594 valence electrons. The maximum atomic E-state index is 13.1. The van der Waals surface area contributed by atoms with Crippen LogP contribution in [0.25, 0.3) is 0 Å². The van der Waals surface area contributed by atoms with Crippen LogP contribution in [0.4, 0.5) is 0 Å². The summed E-state index contributed by atoms with van der Waals surface area (Å²) in [5.41, 5.74) is 0. The third-order valence-electron chi connectivity index (χ3n) is 19.3. The zero-order chi connectivity index (χ0) is 73.5. The normalized spacial score (nSPS) is 14.2. The summed E-state index contributed by atoms with van der Waals surface area (Å²) >= 11 is 0. The second-order valence-corrected chi connectivity index (χ2v) is 32.8. The number of unbranched alkanes of at least 4 members (excludes halogenated alkanes) is 49. The number of rotatable bonds is 80. The fourth-order valence-corrected chi connectivity index (χ4v) is 14.1. The summed E-state index contributed by atoms with van der Waals surface area (Å²) in [6.45, 7) is 9.61. The van der Waals surface area contributed by atoms with Crippen LogP contribution >= 0.6 is 15.6 Å². The van der Waals surface area contributed by atoms with Gasteiger partial charge in [-0.3, -0.25) is 37.3 Å². The van der Waals surface area contributed by atoms with Gasteiger partial charge in [0.25, 0.3) is 0 Å². The Morgan fingerprint density at radius 3 is 0.760 bits per heavy atom. The molecule has 0 aromatic heterocycles. The molecule has 19 heteroatoms. The lowest BCUT2D eigenvalue weighted by Crippen LogP contribution is -2.30. The number of ether oxygens (including phenoxy) is 4. The maximum absolute atomic E-state index is 13.1. The first-order chi connectivity index (χ1) is 48.4. The molecule has 0 saturated heterocycles. The third-order valence-corrected chi connectivity index (χ3v) is 21.2. The van der Waals surface area contributed by atoms with Crippen LogP contribution in [-0.4, -0.2) is 96.7 Å². The van der Waals surface area contributed by atoms with Gasteiger partial charge in [-0.1, -0.05) is 375 Å². The third kappa shape index (κ3) is 73.0. The summed E-state index contributed by atoms with van der Waals surface area (Å²) in [5, 5.41) is 10.6. The number of phosphoric acid groups is 2. The molecular formula is C81H158O17P2.